The highest BCUT2D eigenvalue weighted by Gasteiger charge is 2.21. The van der Waals surface area contributed by atoms with Gasteiger partial charge < -0.3 is 4.90 Å². The standard InChI is InChI=1S/C18H21N5/c1-3-23-8-7-17-16(12-23)18(21-13-20-17)22(2)11-15-6-4-5-14(9-15)10-19/h4-6,9,13H,3,7-8,11-12H2,1-2H3. The molecule has 0 atom stereocenters. The largest absolute Gasteiger partial charge is 0.355 e. The number of benzene rings is 1. The van der Waals surface area contributed by atoms with Crippen molar-refractivity contribution < 1.29 is 0 Å². The Labute approximate surface area is 137 Å². The molecule has 23 heavy (non-hydrogen) atoms. The van der Waals surface area contributed by atoms with Crippen LogP contribution in [0.2, 0.25) is 0 Å². The Morgan fingerprint density at radius 3 is 3.00 bits per heavy atom. The number of hydrogen-bond acceptors (Lipinski definition) is 5. The third-order valence-electron chi connectivity index (χ3n) is 4.34. The van der Waals surface area contributed by atoms with E-state index in [4.69, 9.17) is 5.26 Å². The smallest absolute Gasteiger partial charge is 0.136 e. The molecule has 3 rings (SSSR count). The molecule has 118 valence electrons. The van der Waals surface area contributed by atoms with Crippen LogP contribution in [0.5, 0.6) is 0 Å². The Balaban J connectivity index is 1.85. The van der Waals surface area contributed by atoms with Crippen LogP contribution in [0.15, 0.2) is 30.6 Å². The molecule has 1 aromatic carbocycles. The molecule has 0 aliphatic carbocycles. The van der Waals surface area contributed by atoms with Crippen LogP contribution in [0.25, 0.3) is 0 Å². The second kappa shape index (κ2) is 6.76. The van der Waals surface area contributed by atoms with E-state index < -0.39 is 0 Å². The van der Waals surface area contributed by atoms with E-state index in [-0.39, 0.29) is 0 Å². The zero-order valence-corrected chi connectivity index (χ0v) is 13.7. The van der Waals surface area contributed by atoms with Gasteiger partial charge in [0.15, 0.2) is 0 Å². The van der Waals surface area contributed by atoms with Crippen molar-refractivity contribution in [3.8, 4) is 6.07 Å². The van der Waals surface area contributed by atoms with Gasteiger partial charge in [-0.2, -0.15) is 5.26 Å². The Morgan fingerprint density at radius 1 is 1.35 bits per heavy atom. The monoisotopic (exact) mass is 307 g/mol. The number of anilines is 1. The summed E-state index contributed by atoms with van der Waals surface area (Å²) in [6.45, 7) is 5.93. The zero-order valence-electron chi connectivity index (χ0n) is 13.7. The highest BCUT2D eigenvalue weighted by molar-refractivity contribution is 5.49. The summed E-state index contributed by atoms with van der Waals surface area (Å²) < 4.78 is 0. The minimum absolute atomic E-state index is 0.692. The van der Waals surface area contributed by atoms with Crippen LogP contribution in [0, 0.1) is 11.3 Å². The van der Waals surface area contributed by atoms with E-state index in [1.807, 2.05) is 31.3 Å². The van der Waals surface area contributed by atoms with Crippen molar-refractivity contribution in [2.75, 3.05) is 25.0 Å². The lowest BCUT2D eigenvalue weighted by Gasteiger charge is -2.30. The Bertz CT molecular complexity index is 734. The van der Waals surface area contributed by atoms with Gasteiger partial charge in [0, 0.05) is 38.7 Å². The summed E-state index contributed by atoms with van der Waals surface area (Å²) >= 11 is 0. The number of hydrogen-bond donors (Lipinski definition) is 0. The minimum Gasteiger partial charge on any atom is -0.355 e. The van der Waals surface area contributed by atoms with E-state index >= 15 is 0 Å². The van der Waals surface area contributed by atoms with Crippen molar-refractivity contribution in [3.05, 3.63) is 53.0 Å². The molecule has 0 saturated carbocycles. The van der Waals surface area contributed by atoms with E-state index in [0.717, 1.165) is 49.7 Å². The first kappa shape index (κ1) is 15.4. The molecule has 2 heterocycles. The second-order valence-corrected chi connectivity index (χ2v) is 5.91. The van der Waals surface area contributed by atoms with Gasteiger partial charge in [-0.3, -0.25) is 4.90 Å². The average Bonchev–Trinajstić information content (AvgIpc) is 2.60. The molecule has 0 bridgehead atoms. The lowest BCUT2D eigenvalue weighted by atomic mass is 10.1. The summed E-state index contributed by atoms with van der Waals surface area (Å²) in [5.74, 6) is 0.996. The number of aromatic nitrogens is 2. The summed E-state index contributed by atoms with van der Waals surface area (Å²) in [5.41, 5.74) is 4.21. The van der Waals surface area contributed by atoms with Crippen molar-refractivity contribution in [1.82, 2.24) is 14.9 Å². The minimum atomic E-state index is 0.692. The molecular formula is C18H21N5. The topological polar surface area (TPSA) is 56.1 Å². The molecule has 0 N–H and O–H groups in total. The van der Waals surface area contributed by atoms with Crippen LogP contribution >= 0.6 is 0 Å². The van der Waals surface area contributed by atoms with Crippen LogP contribution in [-0.2, 0) is 19.5 Å². The molecular weight excluding hydrogens is 286 g/mol. The van der Waals surface area contributed by atoms with Gasteiger partial charge in [0.05, 0.1) is 17.3 Å². The van der Waals surface area contributed by atoms with Crippen LogP contribution in [0.3, 0.4) is 0 Å². The van der Waals surface area contributed by atoms with Crippen LogP contribution in [-0.4, -0.2) is 35.0 Å². The molecule has 0 saturated heterocycles. The summed E-state index contributed by atoms with van der Waals surface area (Å²) in [7, 11) is 2.05. The van der Waals surface area contributed by atoms with Crippen LogP contribution in [0.1, 0.15) is 29.3 Å². The Kier molecular flexibility index (Phi) is 4.54. The van der Waals surface area contributed by atoms with Gasteiger partial charge in [-0.1, -0.05) is 19.1 Å². The van der Waals surface area contributed by atoms with Gasteiger partial charge in [0.1, 0.15) is 12.1 Å². The number of rotatable bonds is 4. The van der Waals surface area contributed by atoms with Gasteiger partial charge >= 0.3 is 0 Å². The van der Waals surface area contributed by atoms with Crippen molar-refractivity contribution >= 4 is 5.82 Å². The molecule has 2 aromatic rings. The SMILES string of the molecule is CCN1CCc2ncnc(N(C)Cc3cccc(C#N)c3)c2C1. The molecule has 5 heteroatoms. The van der Waals surface area contributed by atoms with Gasteiger partial charge in [-0.25, -0.2) is 9.97 Å². The predicted octanol–water partition coefficient (Wildman–Crippen LogP) is 2.36. The molecule has 0 amide bonds. The van der Waals surface area contributed by atoms with E-state index in [1.165, 1.54) is 5.56 Å². The summed E-state index contributed by atoms with van der Waals surface area (Å²) in [6.07, 6.45) is 2.65. The number of fused-ring (bicyclic) bond motifs is 1. The first-order valence-electron chi connectivity index (χ1n) is 7.96. The number of nitrogens with zero attached hydrogens (tertiary/aromatic N) is 5. The van der Waals surface area contributed by atoms with Crippen LogP contribution < -0.4 is 4.90 Å². The lowest BCUT2D eigenvalue weighted by Crippen LogP contribution is -2.33. The number of likely N-dealkylation sites (N-methyl/N-ethyl adjacent to an activating group) is 1. The van der Waals surface area contributed by atoms with Crippen molar-refractivity contribution in [2.45, 2.75) is 26.4 Å². The van der Waals surface area contributed by atoms with Crippen LogP contribution in [0.4, 0.5) is 5.82 Å². The Morgan fingerprint density at radius 2 is 2.22 bits per heavy atom. The molecule has 1 aliphatic rings. The first-order valence-corrected chi connectivity index (χ1v) is 7.96. The molecule has 0 spiro atoms. The van der Waals surface area contributed by atoms with Gasteiger partial charge in [0.2, 0.25) is 0 Å². The number of nitriles is 1. The lowest BCUT2D eigenvalue weighted by molar-refractivity contribution is 0.265. The highest BCUT2D eigenvalue weighted by atomic mass is 15.2. The van der Waals surface area contributed by atoms with Gasteiger partial charge in [-0.05, 0) is 24.2 Å². The maximum atomic E-state index is 9.04. The molecule has 0 fully saturated rings. The zero-order chi connectivity index (χ0) is 16.2. The Hall–Kier alpha value is -2.45. The second-order valence-electron chi connectivity index (χ2n) is 5.91. The predicted molar refractivity (Wildman–Crippen MR) is 90.0 cm³/mol. The third kappa shape index (κ3) is 3.33. The van der Waals surface area contributed by atoms with Crippen molar-refractivity contribution in [3.63, 3.8) is 0 Å². The first-order chi connectivity index (χ1) is 11.2. The molecule has 1 aliphatic heterocycles. The molecule has 0 radical (unpaired) electrons. The summed E-state index contributed by atoms with van der Waals surface area (Å²) in [4.78, 5) is 13.5. The highest BCUT2D eigenvalue weighted by Crippen LogP contribution is 2.25. The fraction of sp³-hybridized carbons (Fsp3) is 0.389. The molecule has 5 nitrogen and oxygen atoms in total. The maximum absolute atomic E-state index is 9.04. The molecule has 0 unspecified atom stereocenters. The van der Waals surface area contributed by atoms with E-state index in [2.05, 4.69) is 32.8 Å². The fourth-order valence-electron chi connectivity index (χ4n) is 3.07. The summed E-state index contributed by atoms with van der Waals surface area (Å²) in [5, 5.41) is 9.04. The third-order valence-corrected chi connectivity index (χ3v) is 4.34. The van der Waals surface area contributed by atoms with Gasteiger partial charge in [-0.15, -0.1) is 0 Å². The quantitative estimate of drug-likeness (QED) is 0.868. The average molecular weight is 307 g/mol. The fourth-order valence-corrected chi connectivity index (χ4v) is 3.07. The maximum Gasteiger partial charge on any atom is 0.136 e. The summed E-state index contributed by atoms with van der Waals surface area (Å²) in [6, 6.07) is 9.93. The van der Waals surface area contributed by atoms with Crippen molar-refractivity contribution in [1.29, 1.82) is 5.26 Å². The van der Waals surface area contributed by atoms with E-state index in [1.54, 1.807) is 6.33 Å². The van der Waals surface area contributed by atoms with Crippen molar-refractivity contribution in [2.24, 2.45) is 0 Å². The van der Waals surface area contributed by atoms with E-state index in [9.17, 15) is 0 Å². The van der Waals surface area contributed by atoms with E-state index in [0.29, 0.717) is 5.56 Å². The molecule has 1 aromatic heterocycles. The van der Waals surface area contributed by atoms with Gasteiger partial charge in [0.25, 0.3) is 0 Å². The normalized spacial score (nSPS) is 14.1.